The molecule has 0 unspecified atom stereocenters. The maximum atomic E-state index is 10.9. The van der Waals surface area contributed by atoms with Crippen molar-refractivity contribution in [1.82, 2.24) is 0 Å². The topological polar surface area (TPSA) is 65.0 Å². The number of aryl methyl sites for hydroxylation is 1. The predicted molar refractivity (Wildman–Crippen MR) is 68.8 cm³/mol. The molecule has 18 heavy (non-hydrogen) atoms. The van der Waals surface area contributed by atoms with Gasteiger partial charge in [0.1, 0.15) is 12.4 Å². The van der Waals surface area contributed by atoms with Crippen LogP contribution >= 0.6 is 11.3 Å². The second-order valence-corrected chi connectivity index (χ2v) is 4.92. The van der Waals surface area contributed by atoms with Gasteiger partial charge >= 0.3 is 5.97 Å². The van der Waals surface area contributed by atoms with E-state index in [4.69, 9.17) is 19.3 Å². The average molecular weight is 274 g/mol. The average Bonchev–Trinajstić information content (AvgIpc) is 2.69. The minimum absolute atomic E-state index is 0.242. The van der Waals surface area contributed by atoms with Gasteiger partial charge in [-0.3, -0.25) is 0 Å². The Hall–Kier alpha value is -1.11. The van der Waals surface area contributed by atoms with E-state index in [-0.39, 0.29) is 4.88 Å². The molecule has 0 aliphatic rings. The van der Waals surface area contributed by atoms with E-state index in [0.717, 1.165) is 11.3 Å². The Kier molecular flexibility index (Phi) is 6.70. The lowest BCUT2D eigenvalue weighted by Crippen LogP contribution is -2.09. The van der Waals surface area contributed by atoms with Crippen molar-refractivity contribution in [2.24, 2.45) is 0 Å². The fourth-order valence-corrected chi connectivity index (χ4v) is 2.16. The van der Waals surface area contributed by atoms with E-state index in [1.807, 2.05) is 6.92 Å². The van der Waals surface area contributed by atoms with Crippen LogP contribution in [0.2, 0.25) is 0 Å². The Labute approximate surface area is 110 Å². The van der Waals surface area contributed by atoms with Gasteiger partial charge in [-0.2, -0.15) is 0 Å². The molecule has 0 aliphatic carbocycles. The normalized spacial score (nSPS) is 10.6. The first-order valence-electron chi connectivity index (χ1n) is 5.68. The number of ether oxygens (including phenoxy) is 3. The van der Waals surface area contributed by atoms with Gasteiger partial charge in [-0.05, 0) is 19.4 Å². The van der Waals surface area contributed by atoms with Crippen LogP contribution in [-0.4, -0.2) is 44.6 Å². The van der Waals surface area contributed by atoms with Gasteiger partial charge in [0.05, 0.1) is 6.61 Å². The molecule has 0 bridgehead atoms. The lowest BCUT2D eigenvalue weighted by atomic mass is 10.4. The monoisotopic (exact) mass is 274 g/mol. The largest absolute Gasteiger partial charge is 0.489 e. The summed E-state index contributed by atoms with van der Waals surface area (Å²) < 4.78 is 15.6. The number of rotatable bonds is 9. The van der Waals surface area contributed by atoms with Crippen LogP contribution < -0.4 is 4.74 Å². The number of methoxy groups -OCH3 is 1. The zero-order valence-electron chi connectivity index (χ0n) is 10.6. The SMILES string of the molecule is COCCCOCCOc1cc(C)sc1C(=O)O. The minimum atomic E-state index is -0.955. The first kappa shape index (κ1) is 14.9. The summed E-state index contributed by atoms with van der Waals surface area (Å²) in [6.45, 7) is 3.94. The van der Waals surface area contributed by atoms with Crippen molar-refractivity contribution in [3.05, 3.63) is 15.8 Å². The van der Waals surface area contributed by atoms with Gasteiger partial charge in [-0.1, -0.05) is 0 Å². The van der Waals surface area contributed by atoms with Gasteiger partial charge in [0.15, 0.2) is 4.88 Å². The summed E-state index contributed by atoms with van der Waals surface area (Å²) in [5.41, 5.74) is 0. The molecule has 0 saturated heterocycles. The fraction of sp³-hybridized carbons (Fsp3) is 0.583. The molecule has 0 amide bonds. The van der Waals surface area contributed by atoms with Crippen LogP contribution in [0.3, 0.4) is 0 Å². The van der Waals surface area contributed by atoms with Crippen LogP contribution in [0.5, 0.6) is 5.75 Å². The van der Waals surface area contributed by atoms with Crippen LogP contribution in [-0.2, 0) is 9.47 Å². The molecule has 5 nitrogen and oxygen atoms in total. The van der Waals surface area contributed by atoms with E-state index in [1.54, 1.807) is 13.2 Å². The number of hydrogen-bond donors (Lipinski definition) is 1. The summed E-state index contributed by atoms with van der Waals surface area (Å²) in [5, 5.41) is 8.96. The lowest BCUT2D eigenvalue weighted by molar-refractivity contribution is 0.0683. The lowest BCUT2D eigenvalue weighted by Gasteiger charge is -2.06. The van der Waals surface area contributed by atoms with E-state index in [0.29, 0.717) is 32.2 Å². The second-order valence-electron chi connectivity index (χ2n) is 3.66. The quantitative estimate of drug-likeness (QED) is 0.699. The standard InChI is InChI=1S/C12H18O5S/c1-9-8-10(11(18-9)12(13)14)17-7-6-16-5-3-4-15-2/h8H,3-7H2,1-2H3,(H,13,14). The van der Waals surface area contributed by atoms with Gasteiger partial charge in [0, 0.05) is 25.2 Å². The second kappa shape index (κ2) is 8.07. The molecule has 102 valence electrons. The van der Waals surface area contributed by atoms with E-state index >= 15 is 0 Å². The highest BCUT2D eigenvalue weighted by Gasteiger charge is 2.14. The molecule has 1 heterocycles. The molecule has 6 heteroatoms. The van der Waals surface area contributed by atoms with Crippen LogP contribution in [0.1, 0.15) is 21.0 Å². The Bertz CT molecular complexity index is 375. The Morgan fingerprint density at radius 3 is 2.78 bits per heavy atom. The summed E-state index contributed by atoms with van der Waals surface area (Å²) in [7, 11) is 1.65. The smallest absolute Gasteiger partial charge is 0.349 e. The van der Waals surface area contributed by atoms with Gasteiger partial charge in [-0.15, -0.1) is 11.3 Å². The summed E-state index contributed by atoms with van der Waals surface area (Å²) in [5.74, 6) is -0.533. The number of carbonyl (C=O) groups is 1. The van der Waals surface area contributed by atoms with Crippen molar-refractivity contribution < 1.29 is 24.1 Å². The van der Waals surface area contributed by atoms with Crippen molar-refractivity contribution in [3.63, 3.8) is 0 Å². The summed E-state index contributed by atoms with van der Waals surface area (Å²) >= 11 is 1.22. The maximum absolute atomic E-state index is 10.9. The molecule has 1 aromatic rings. The number of carboxylic acid groups (broad SMARTS) is 1. The van der Waals surface area contributed by atoms with Crippen LogP contribution in [0.4, 0.5) is 0 Å². The highest BCUT2D eigenvalue weighted by Crippen LogP contribution is 2.28. The molecule has 1 aromatic heterocycles. The van der Waals surface area contributed by atoms with Crippen LogP contribution in [0, 0.1) is 6.92 Å². The number of aromatic carboxylic acids is 1. The molecule has 0 radical (unpaired) electrons. The summed E-state index contributed by atoms with van der Waals surface area (Å²) in [4.78, 5) is 12.1. The minimum Gasteiger partial charge on any atom is -0.489 e. The number of hydrogen-bond acceptors (Lipinski definition) is 5. The van der Waals surface area contributed by atoms with Crippen molar-refractivity contribution >= 4 is 17.3 Å². The Morgan fingerprint density at radius 1 is 1.33 bits per heavy atom. The highest BCUT2D eigenvalue weighted by atomic mass is 32.1. The van der Waals surface area contributed by atoms with E-state index < -0.39 is 5.97 Å². The summed E-state index contributed by atoms with van der Waals surface area (Å²) in [6.07, 6.45) is 0.842. The van der Waals surface area contributed by atoms with E-state index in [9.17, 15) is 4.79 Å². The molecule has 1 N–H and O–H groups in total. The Morgan fingerprint density at radius 2 is 2.11 bits per heavy atom. The van der Waals surface area contributed by atoms with E-state index in [1.165, 1.54) is 11.3 Å². The van der Waals surface area contributed by atoms with Crippen LogP contribution in [0.15, 0.2) is 6.07 Å². The van der Waals surface area contributed by atoms with Crippen molar-refractivity contribution in [3.8, 4) is 5.75 Å². The third kappa shape index (κ3) is 5.03. The first-order valence-corrected chi connectivity index (χ1v) is 6.50. The Balaban J connectivity index is 2.25. The van der Waals surface area contributed by atoms with Gasteiger partial charge in [-0.25, -0.2) is 4.79 Å². The zero-order valence-corrected chi connectivity index (χ0v) is 11.4. The van der Waals surface area contributed by atoms with Crippen molar-refractivity contribution in [2.75, 3.05) is 33.5 Å². The third-order valence-electron chi connectivity index (χ3n) is 2.14. The van der Waals surface area contributed by atoms with Gasteiger partial charge < -0.3 is 19.3 Å². The molecule has 0 aromatic carbocycles. The highest BCUT2D eigenvalue weighted by molar-refractivity contribution is 7.14. The molecular weight excluding hydrogens is 256 g/mol. The van der Waals surface area contributed by atoms with E-state index in [2.05, 4.69) is 0 Å². The maximum Gasteiger partial charge on any atom is 0.349 e. The molecule has 1 rings (SSSR count). The van der Waals surface area contributed by atoms with Gasteiger partial charge in [0.2, 0.25) is 0 Å². The number of thiophene rings is 1. The van der Waals surface area contributed by atoms with Gasteiger partial charge in [0.25, 0.3) is 0 Å². The molecular formula is C12H18O5S. The van der Waals surface area contributed by atoms with Crippen molar-refractivity contribution in [1.29, 1.82) is 0 Å². The number of carboxylic acids is 1. The van der Waals surface area contributed by atoms with Crippen LogP contribution in [0.25, 0.3) is 0 Å². The first-order chi connectivity index (χ1) is 8.65. The fourth-order valence-electron chi connectivity index (χ4n) is 1.37. The van der Waals surface area contributed by atoms with Crippen molar-refractivity contribution in [2.45, 2.75) is 13.3 Å². The molecule has 0 spiro atoms. The molecule has 0 fully saturated rings. The third-order valence-corrected chi connectivity index (χ3v) is 3.16. The predicted octanol–water partition coefficient (Wildman–Crippen LogP) is 2.19. The summed E-state index contributed by atoms with van der Waals surface area (Å²) in [6, 6.07) is 1.74. The molecule has 0 atom stereocenters. The molecule has 0 aliphatic heterocycles. The zero-order chi connectivity index (χ0) is 13.4. The molecule has 0 saturated carbocycles.